The third kappa shape index (κ3) is 3.70. The van der Waals surface area contributed by atoms with E-state index in [0.717, 1.165) is 13.0 Å². The van der Waals surface area contributed by atoms with Gasteiger partial charge in [-0.05, 0) is 17.7 Å². The van der Waals surface area contributed by atoms with E-state index >= 15 is 0 Å². The highest BCUT2D eigenvalue weighted by Gasteiger charge is 2.28. The summed E-state index contributed by atoms with van der Waals surface area (Å²) in [6, 6.07) is 2.31. The number of nitrogen functional groups attached to an aromatic ring is 1. The van der Waals surface area contributed by atoms with Crippen LogP contribution >= 0.6 is 11.6 Å². The summed E-state index contributed by atoms with van der Waals surface area (Å²) in [7, 11) is 1.23. The predicted molar refractivity (Wildman–Crippen MR) is 93.7 cm³/mol. The molecule has 0 amide bonds. The van der Waals surface area contributed by atoms with Crippen molar-refractivity contribution < 1.29 is 34.1 Å². The summed E-state index contributed by atoms with van der Waals surface area (Å²) in [5.41, 5.74) is 2.44. The zero-order valence-corrected chi connectivity index (χ0v) is 14.7. The van der Waals surface area contributed by atoms with Crippen molar-refractivity contribution in [1.29, 1.82) is 0 Å². The summed E-state index contributed by atoms with van der Waals surface area (Å²) in [4.78, 5) is 48.4. The minimum absolute atomic E-state index is 0.0830. The maximum absolute atomic E-state index is 12.1. The number of carbonyl (C=O) groups excluding carboxylic acids is 1. The van der Waals surface area contributed by atoms with E-state index in [0.29, 0.717) is 0 Å². The van der Waals surface area contributed by atoms with E-state index in [1.54, 1.807) is 0 Å². The van der Waals surface area contributed by atoms with Crippen LogP contribution in [0.3, 0.4) is 0 Å². The van der Waals surface area contributed by atoms with E-state index in [-0.39, 0.29) is 22.1 Å². The van der Waals surface area contributed by atoms with Crippen LogP contribution in [0.1, 0.15) is 27.6 Å². The number of nitrogens with one attached hydrogen (secondary N) is 1. The molecule has 0 atom stereocenters. The normalized spacial score (nSPS) is 10.3. The molecule has 0 aliphatic carbocycles. The van der Waals surface area contributed by atoms with Gasteiger partial charge in [0.1, 0.15) is 16.9 Å². The van der Waals surface area contributed by atoms with E-state index in [4.69, 9.17) is 26.8 Å². The molecule has 1 heterocycles. The topological polar surface area (TPSA) is 169 Å². The number of carboxylic acids is 2. The number of aromatic amines is 1. The number of aromatic carboxylic acids is 2. The van der Waals surface area contributed by atoms with E-state index < -0.39 is 46.0 Å². The smallest absolute Gasteiger partial charge is 0.342 e. The van der Waals surface area contributed by atoms with Gasteiger partial charge < -0.3 is 30.4 Å². The van der Waals surface area contributed by atoms with Crippen LogP contribution in [0, 0.1) is 0 Å². The average molecular weight is 397 g/mol. The molecule has 0 saturated carbocycles. The Bertz CT molecular complexity index is 1030. The van der Waals surface area contributed by atoms with E-state index in [2.05, 4.69) is 0 Å². The first kappa shape index (κ1) is 19.8. The number of halogens is 1. The number of anilines is 1. The van der Waals surface area contributed by atoms with Gasteiger partial charge in [0.25, 0.3) is 5.56 Å². The van der Waals surface area contributed by atoms with Crippen LogP contribution in [0.25, 0.3) is 11.1 Å². The van der Waals surface area contributed by atoms with Crippen molar-refractivity contribution in [2.24, 2.45) is 0 Å². The second-order valence-electron chi connectivity index (χ2n) is 5.19. The molecule has 1 aromatic heterocycles. The van der Waals surface area contributed by atoms with Crippen LogP contribution in [-0.2, 0) is 4.79 Å². The number of hydrogen-bond acceptors (Lipinski definition) is 7. The minimum Gasteiger partial charge on any atom is -0.493 e. The second kappa shape index (κ2) is 7.38. The lowest BCUT2D eigenvalue weighted by Crippen LogP contribution is -2.24. The third-order valence-electron chi connectivity index (χ3n) is 3.44. The predicted octanol–water partition coefficient (Wildman–Crippen LogP) is 1.61. The number of carboxylic acid groups (broad SMARTS) is 2. The number of carbonyl (C=O) groups is 3. The quantitative estimate of drug-likeness (QED) is 0.433. The molecule has 0 radical (unpaired) electrons. The van der Waals surface area contributed by atoms with Gasteiger partial charge in [0, 0.05) is 12.5 Å². The molecular weight excluding hydrogens is 384 g/mol. The van der Waals surface area contributed by atoms with Gasteiger partial charge >= 0.3 is 17.9 Å². The minimum atomic E-state index is -1.67. The fourth-order valence-electron chi connectivity index (χ4n) is 2.44. The Labute approximate surface area is 156 Å². The largest absolute Gasteiger partial charge is 0.493 e. The van der Waals surface area contributed by atoms with Gasteiger partial charge in [-0.3, -0.25) is 9.59 Å². The lowest BCUT2D eigenvalue weighted by molar-refractivity contribution is -0.132. The number of nitrogens with two attached hydrogens (primary N) is 1. The van der Waals surface area contributed by atoms with Gasteiger partial charge in [0.15, 0.2) is 11.5 Å². The first-order valence-electron chi connectivity index (χ1n) is 7.17. The number of rotatable bonds is 5. The number of ether oxygens (including phenoxy) is 2. The molecule has 5 N–H and O–H groups in total. The summed E-state index contributed by atoms with van der Waals surface area (Å²) >= 11 is 6.08. The molecule has 11 heteroatoms. The summed E-state index contributed by atoms with van der Waals surface area (Å²) < 4.78 is 10.0. The zero-order valence-electron chi connectivity index (χ0n) is 14.0. The molecule has 27 heavy (non-hydrogen) atoms. The van der Waals surface area contributed by atoms with Crippen molar-refractivity contribution in [2.75, 3.05) is 12.8 Å². The molecule has 2 aromatic rings. The monoisotopic (exact) mass is 396 g/mol. The molecule has 10 nitrogen and oxygen atoms in total. The van der Waals surface area contributed by atoms with Gasteiger partial charge in [0.05, 0.1) is 12.1 Å². The first-order chi connectivity index (χ1) is 12.6. The summed E-state index contributed by atoms with van der Waals surface area (Å²) in [5.74, 6) is -4.71. The second-order valence-corrected chi connectivity index (χ2v) is 5.59. The summed E-state index contributed by atoms with van der Waals surface area (Å²) in [6.45, 7) is 1.13. The molecule has 2 rings (SSSR count). The first-order valence-corrected chi connectivity index (χ1v) is 7.54. The Morgan fingerprint density at radius 3 is 2.22 bits per heavy atom. The number of aromatic nitrogens is 1. The Balaban J connectivity index is 2.95. The SMILES string of the molecule is COc1cc(-c2c(C(=O)O)c(N)[nH]c(=O)c2C(=O)O)cc(Cl)c1OC(C)=O. The highest BCUT2D eigenvalue weighted by Crippen LogP contribution is 2.41. The number of methoxy groups -OCH3 is 1. The standard InChI is InChI=1S/C16H13ClN2O8/c1-5(20)27-12-7(17)3-6(4-8(12)26-2)9-10(15(22)23)13(18)19-14(21)11(9)16(24)25/h3-4H,1-2H3,(H,22,23)(H,24,25)(H3,18,19,21). The van der Waals surface area contributed by atoms with Crippen LogP contribution in [0.2, 0.25) is 5.02 Å². The Kier molecular flexibility index (Phi) is 5.41. The molecule has 0 fully saturated rings. The number of pyridine rings is 1. The lowest BCUT2D eigenvalue weighted by atomic mass is 9.95. The van der Waals surface area contributed by atoms with Crippen LogP contribution in [0.15, 0.2) is 16.9 Å². The average Bonchev–Trinajstić information content (AvgIpc) is 2.54. The van der Waals surface area contributed by atoms with Gasteiger partial charge in [-0.2, -0.15) is 0 Å². The van der Waals surface area contributed by atoms with Gasteiger partial charge in [0.2, 0.25) is 0 Å². The molecular formula is C16H13ClN2O8. The van der Waals surface area contributed by atoms with Crippen molar-refractivity contribution in [3.05, 3.63) is 38.6 Å². The molecule has 0 aliphatic heterocycles. The highest BCUT2D eigenvalue weighted by molar-refractivity contribution is 6.33. The maximum Gasteiger partial charge on any atom is 0.342 e. The van der Waals surface area contributed by atoms with Crippen LogP contribution in [0.4, 0.5) is 5.82 Å². The highest BCUT2D eigenvalue weighted by atomic mass is 35.5. The molecule has 1 aromatic carbocycles. The molecule has 0 bridgehead atoms. The van der Waals surface area contributed by atoms with Crippen molar-refractivity contribution in [3.8, 4) is 22.6 Å². The van der Waals surface area contributed by atoms with Crippen LogP contribution < -0.4 is 20.8 Å². The Hall–Kier alpha value is -3.53. The van der Waals surface area contributed by atoms with E-state index in [1.165, 1.54) is 13.2 Å². The van der Waals surface area contributed by atoms with Crippen molar-refractivity contribution in [1.82, 2.24) is 4.98 Å². The molecule has 142 valence electrons. The summed E-state index contributed by atoms with van der Waals surface area (Å²) in [5, 5.41) is 18.7. The van der Waals surface area contributed by atoms with Gasteiger partial charge in [-0.1, -0.05) is 11.6 Å². The molecule has 0 unspecified atom stereocenters. The van der Waals surface area contributed by atoms with Gasteiger partial charge in [-0.25, -0.2) is 9.59 Å². The molecule has 0 saturated heterocycles. The van der Waals surface area contributed by atoms with E-state index in [9.17, 15) is 29.4 Å². The van der Waals surface area contributed by atoms with Crippen LogP contribution in [-0.4, -0.2) is 40.2 Å². The number of H-pyrrole nitrogens is 1. The Morgan fingerprint density at radius 2 is 1.74 bits per heavy atom. The fraction of sp³-hybridized carbons (Fsp3) is 0.125. The molecule has 0 spiro atoms. The van der Waals surface area contributed by atoms with Crippen molar-refractivity contribution in [2.45, 2.75) is 6.92 Å². The third-order valence-corrected chi connectivity index (χ3v) is 3.72. The van der Waals surface area contributed by atoms with Crippen molar-refractivity contribution in [3.63, 3.8) is 0 Å². The maximum atomic E-state index is 12.1. The number of benzene rings is 1. The zero-order chi connectivity index (χ0) is 20.5. The lowest BCUT2D eigenvalue weighted by Gasteiger charge is -2.15. The summed E-state index contributed by atoms with van der Waals surface area (Å²) in [6.07, 6.45) is 0. The van der Waals surface area contributed by atoms with Crippen LogP contribution in [0.5, 0.6) is 11.5 Å². The number of esters is 1. The number of hydrogen-bond donors (Lipinski definition) is 4. The van der Waals surface area contributed by atoms with Gasteiger partial charge in [-0.15, -0.1) is 0 Å². The molecule has 0 aliphatic rings. The van der Waals surface area contributed by atoms with Crippen molar-refractivity contribution >= 4 is 35.3 Å². The van der Waals surface area contributed by atoms with E-state index in [1.807, 2.05) is 4.98 Å². The fourth-order valence-corrected chi connectivity index (χ4v) is 2.69. The Morgan fingerprint density at radius 1 is 1.15 bits per heavy atom.